The third-order valence-electron chi connectivity index (χ3n) is 3.26. The molecule has 0 aromatic carbocycles. The summed E-state index contributed by atoms with van der Waals surface area (Å²) in [6.45, 7) is 5.06. The van der Waals surface area contributed by atoms with Crippen LogP contribution in [0.15, 0.2) is 18.5 Å². The second kappa shape index (κ2) is 6.71. The summed E-state index contributed by atoms with van der Waals surface area (Å²) in [5.74, 6) is 0.677. The van der Waals surface area contributed by atoms with Crippen LogP contribution in [-0.2, 0) is 4.79 Å². The Morgan fingerprint density at radius 1 is 1.56 bits per heavy atom. The average molecular weight is 270 g/mol. The smallest absolute Gasteiger partial charge is 0.241 e. The van der Waals surface area contributed by atoms with Gasteiger partial charge in [0.25, 0.3) is 0 Å². The molecule has 0 saturated carbocycles. The Morgan fingerprint density at radius 2 is 2.33 bits per heavy atom. The minimum absolute atomic E-state index is 0. The highest BCUT2D eigenvalue weighted by atomic mass is 35.5. The molecule has 1 fully saturated rings. The maximum atomic E-state index is 12.1. The first-order valence-electron chi connectivity index (χ1n) is 6.11. The molecule has 1 aliphatic rings. The van der Waals surface area contributed by atoms with E-state index in [0.29, 0.717) is 5.92 Å². The van der Waals surface area contributed by atoms with Crippen LogP contribution < -0.4 is 10.6 Å². The predicted octanol–water partition coefficient (Wildman–Crippen LogP) is 2.14. The first kappa shape index (κ1) is 14.9. The van der Waals surface area contributed by atoms with Crippen LogP contribution in [0.5, 0.6) is 0 Å². The number of piperidine rings is 1. The van der Waals surface area contributed by atoms with Crippen molar-refractivity contribution < 1.29 is 4.79 Å². The Kier molecular flexibility index (Phi) is 5.56. The van der Waals surface area contributed by atoms with Crippen LogP contribution >= 0.6 is 12.4 Å². The van der Waals surface area contributed by atoms with E-state index in [9.17, 15) is 4.79 Å². The Labute approximate surface area is 114 Å². The molecule has 2 atom stereocenters. The summed E-state index contributed by atoms with van der Waals surface area (Å²) in [6.07, 6.45) is 5.51. The number of carbonyl (C=O) groups is 1. The van der Waals surface area contributed by atoms with Crippen molar-refractivity contribution in [1.29, 1.82) is 0 Å². The third kappa shape index (κ3) is 3.68. The molecular weight excluding hydrogens is 250 g/mol. The lowest BCUT2D eigenvalue weighted by atomic mass is 9.94. The molecule has 0 radical (unpaired) electrons. The van der Waals surface area contributed by atoms with E-state index in [1.165, 1.54) is 0 Å². The van der Waals surface area contributed by atoms with Gasteiger partial charge in [-0.3, -0.25) is 9.78 Å². The van der Waals surface area contributed by atoms with Crippen LogP contribution in [0.3, 0.4) is 0 Å². The molecule has 1 saturated heterocycles. The fourth-order valence-corrected chi connectivity index (χ4v) is 2.14. The summed E-state index contributed by atoms with van der Waals surface area (Å²) < 4.78 is 0. The quantitative estimate of drug-likeness (QED) is 0.865. The van der Waals surface area contributed by atoms with E-state index < -0.39 is 0 Å². The minimum atomic E-state index is -0.0636. The normalized spacial score (nSPS) is 23.0. The molecule has 1 aromatic rings. The fraction of sp³-hybridized carbons (Fsp3) is 0.538. The number of amides is 1. The van der Waals surface area contributed by atoms with Crippen molar-refractivity contribution in [3.8, 4) is 0 Å². The molecule has 0 aliphatic carbocycles. The molecule has 5 heteroatoms. The van der Waals surface area contributed by atoms with Crippen LogP contribution in [0.2, 0.25) is 0 Å². The van der Waals surface area contributed by atoms with Crippen molar-refractivity contribution >= 4 is 24.0 Å². The SMILES string of the molecule is Cc1cnccc1NC(=O)C1CC(C)CCN1.Cl. The summed E-state index contributed by atoms with van der Waals surface area (Å²) in [7, 11) is 0. The number of rotatable bonds is 2. The molecule has 2 N–H and O–H groups in total. The Balaban J connectivity index is 0.00000162. The summed E-state index contributed by atoms with van der Waals surface area (Å²) in [5.41, 5.74) is 1.84. The van der Waals surface area contributed by atoms with Gasteiger partial charge in [0, 0.05) is 18.1 Å². The molecule has 18 heavy (non-hydrogen) atoms. The van der Waals surface area contributed by atoms with Crippen molar-refractivity contribution in [3.63, 3.8) is 0 Å². The van der Waals surface area contributed by atoms with Gasteiger partial charge in [0.15, 0.2) is 0 Å². The molecule has 2 unspecified atom stereocenters. The van der Waals surface area contributed by atoms with E-state index in [4.69, 9.17) is 0 Å². The van der Waals surface area contributed by atoms with Crippen molar-refractivity contribution in [3.05, 3.63) is 24.0 Å². The van der Waals surface area contributed by atoms with Gasteiger partial charge in [-0.2, -0.15) is 0 Å². The average Bonchev–Trinajstić information content (AvgIpc) is 2.32. The maximum absolute atomic E-state index is 12.1. The predicted molar refractivity (Wildman–Crippen MR) is 75.0 cm³/mol. The maximum Gasteiger partial charge on any atom is 0.241 e. The molecule has 4 nitrogen and oxygen atoms in total. The fourth-order valence-electron chi connectivity index (χ4n) is 2.14. The lowest BCUT2D eigenvalue weighted by molar-refractivity contribution is -0.119. The Hall–Kier alpha value is -1.13. The standard InChI is InChI=1S/C13H19N3O.ClH/c1-9-3-6-15-12(7-9)13(17)16-11-4-5-14-8-10(11)2;/h4-5,8-9,12,15H,3,6-7H2,1-2H3,(H,14,16,17);1H. The number of pyridine rings is 1. The lowest BCUT2D eigenvalue weighted by Crippen LogP contribution is -2.45. The Bertz CT molecular complexity index is 411. The lowest BCUT2D eigenvalue weighted by Gasteiger charge is -2.27. The number of nitrogens with one attached hydrogen (secondary N) is 2. The van der Waals surface area contributed by atoms with Gasteiger partial charge >= 0.3 is 0 Å². The number of hydrogen-bond acceptors (Lipinski definition) is 3. The van der Waals surface area contributed by atoms with Crippen molar-refractivity contribution in [2.24, 2.45) is 5.92 Å². The highest BCUT2D eigenvalue weighted by Gasteiger charge is 2.24. The first-order chi connectivity index (χ1) is 8.16. The number of hydrogen-bond donors (Lipinski definition) is 2. The largest absolute Gasteiger partial charge is 0.324 e. The zero-order chi connectivity index (χ0) is 12.3. The molecule has 2 heterocycles. The van der Waals surface area contributed by atoms with Crippen molar-refractivity contribution in [2.45, 2.75) is 32.7 Å². The van der Waals surface area contributed by atoms with Crippen LogP contribution in [0, 0.1) is 12.8 Å². The molecule has 0 bridgehead atoms. The highest BCUT2D eigenvalue weighted by Crippen LogP contribution is 2.17. The van der Waals surface area contributed by atoms with Gasteiger partial charge in [-0.25, -0.2) is 0 Å². The number of anilines is 1. The molecular formula is C13H20ClN3O. The zero-order valence-electron chi connectivity index (χ0n) is 10.8. The number of halogens is 1. The van der Waals surface area contributed by atoms with Crippen LogP contribution in [0.25, 0.3) is 0 Å². The van der Waals surface area contributed by atoms with E-state index in [0.717, 1.165) is 30.6 Å². The summed E-state index contributed by atoms with van der Waals surface area (Å²) in [4.78, 5) is 16.1. The summed E-state index contributed by atoms with van der Waals surface area (Å²) in [5, 5.41) is 6.22. The zero-order valence-corrected chi connectivity index (χ0v) is 11.6. The van der Waals surface area contributed by atoms with Crippen LogP contribution in [0.1, 0.15) is 25.3 Å². The van der Waals surface area contributed by atoms with Gasteiger partial charge < -0.3 is 10.6 Å². The second-order valence-electron chi connectivity index (χ2n) is 4.82. The second-order valence-corrected chi connectivity index (χ2v) is 4.82. The van der Waals surface area contributed by atoms with E-state index in [-0.39, 0.29) is 24.4 Å². The van der Waals surface area contributed by atoms with Gasteiger partial charge in [-0.15, -0.1) is 12.4 Å². The molecule has 100 valence electrons. The molecule has 0 spiro atoms. The first-order valence-corrected chi connectivity index (χ1v) is 6.11. The van der Waals surface area contributed by atoms with Gasteiger partial charge in [0.05, 0.1) is 6.04 Å². The van der Waals surface area contributed by atoms with Crippen molar-refractivity contribution in [1.82, 2.24) is 10.3 Å². The number of carbonyl (C=O) groups excluding carboxylic acids is 1. The van der Waals surface area contributed by atoms with Crippen LogP contribution in [-0.4, -0.2) is 23.5 Å². The number of nitrogens with zero attached hydrogens (tertiary/aromatic N) is 1. The molecule has 1 aromatic heterocycles. The van der Waals surface area contributed by atoms with Gasteiger partial charge in [-0.1, -0.05) is 6.92 Å². The van der Waals surface area contributed by atoms with Crippen molar-refractivity contribution in [2.75, 3.05) is 11.9 Å². The topological polar surface area (TPSA) is 54.0 Å². The number of aryl methyl sites for hydroxylation is 1. The molecule has 1 aliphatic heterocycles. The third-order valence-corrected chi connectivity index (χ3v) is 3.26. The van der Waals surface area contributed by atoms with E-state index >= 15 is 0 Å². The van der Waals surface area contributed by atoms with Gasteiger partial charge in [-0.05, 0) is 43.9 Å². The monoisotopic (exact) mass is 269 g/mol. The van der Waals surface area contributed by atoms with Gasteiger partial charge in [0.1, 0.15) is 0 Å². The summed E-state index contributed by atoms with van der Waals surface area (Å²) >= 11 is 0. The van der Waals surface area contributed by atoms with E-state index in [1.54, 1.807) is 12.4 Å². The Morgan fingerprint density at radius 3 is 3.00 bits per heavy atom. The highest BCUT2D eigenvalue weighted by molar-refractivity contribution is 5.95. The summed E-state index contributed by atoms with van der Waals surface area (Å²) in [6, 6.07) is 1.77. The molecule has 1 amide bonds. The van der Waals surface area contributed by atoms with E-state index in [1.807, 2.05) is 13.0 Å². The van der Waals surface area contributed by atoms with E-state index in [2.05, 4.69) is 22.5 Å². The minimum Gasteiger partial charge on any atom is -0.324 e. The number of aromatic nitrogens is 1. The van der Waals surface area contributed by atoms with Gasteiger partial charge in [0.2, 0.25) is 5.91 Å². The van der Waals surface area contributed by atoms with Crippen LogP contribution in [0.4, 0.5) is 5.69 Å². The molecule has 2 rings (SSSR count).